The molecular formula is C13H14FN3O. The molecule has 0 amide bonds. The van der Waals surface area contributed by atoms with Crippen LogP contribution in [-0.4, -0.2) is 17.1 Å². The second-order valence-electron chi connectivity index (χ2n) is 3.85. The predicted octanol–water partition coefficient (Wildman–Crippen LogP) is 1.87. The summed E-state index contributed by atoms with van der Waals surface area (Å²) in [4.78, 5) is 8.16. The maximum Gasteiger partial charge on any atom is 0.236 e. The van der Waals surface area contributed by atoms with Gasteiger partial charge < -0.3 is 10.5 Å². The molecule has 2 rings (SSSR count). The number of halogens is 1. The minimum Gasteiger partial charge on any atom is -0.480 e. The van der Waals surface area contributed by atoms with Crippen molar-refractivity contribution in [2.24, 2.45) is 5.73 Å². The number of rotatable bonds is 4. The Kier molecular flexibility index (Phi) is 3.84. The minimum absolute atomic E-state index is 0.268. The van der Waals surface area contributed by atoms with E-state index in [1.54, 1.807) is 24.4 Å². The maximum atomic E-state index is 13.5. The van der Waals surface area contributed by atoms with E-state index in [0.717, 1.165) is 0 Å². The van der Waals surface area contributed by atoms with Crippen molar-refractivity contribution in [2.45, 2.75) is 12.5 Å². The summed E-state index contributed by atoms with van der Waals surface area (Å²) in [5, 5.41) is 0. The number of nitrogens with two attached hydrogens (primary N) is 1. The zero-order chi connectivity index (χ0) is 13.0. The van der Waals surface area contributed by atoms with Gasteiger partial charge in [-0.05, 0) is 18.1 Å². The van der Waals surface area contributed by atoms with Crippen LogP contribution < -0.4 is 10.5 Å². The smallest absolute Gasteiger partial charge is 0.236 e. The van der Waals surface area contributed by atoms with Crippen LogP contribution in [0.2, 0.25) is 0 Å². The van der Waals surface area contributed by atoms with Gasteiger partial charge in [0.05, 0.1) is 13.2 Å². The largest absolute Gasteiger partial charge is 0.480 e. The van der Waals surface area contributed by atoms with Gasteiger partial charge in [0.2, 0.25) is 5.88 Å². The highest BCUT2D eigenvalue weighted by molar-refractivity contribution is 5.25. The van der Waals surface area contributed by atoms with E-state index in [9.17, 15) is 4.39 Å². The summed E-state index contributed by atoms with van der Waals surface area (Å²) in [6.07, 6.45) is 3.42. The summed E-state index contributed by atoms with van der Waals surface area (Å²) in [6, 6.07) is 6.09. The van der Waals surface area contributed by atoms with Gasteiger partial charge in [-0.25, -0.2) is 9.37 Å². The molecule has 18 heavy (non-hydrogen) atoms. The standard InChI is InChI=1S/C13H14FN3O/c1-18-13-12(16-6-7-17-13)11(15)8-9-4-2-3-5-10(9)14/h2-7,11H,8,15H2,1H3. The first-order chi connectivity index (χ1) is 8.72. The number of benzene rings is 1. The molecule has 0 spiro atoms. The lowest BCUT2D eigenvalue weighted by Gasteiger charge is -2.13. The predicted molar refractivity (Wildman–Crippen MR) is 65.6 cm³/mol. The number of methoxy groups -OCH3 is 1. The molecule has 4 nitrogen and oxygen atoms in total. The highest BCUT2D eigenvalue weighted by Crippen LogP contribution is 2.22. The Labute approximate surface area is 105 Å². The molecule has 0 aliphatic rings. The Hall–Kier alpha value is -2.01. The number of hydrogen-bond acceptors (Lipinski definition) is 4. The Morgan fingerprint density at radius 1 is 1.28 bits per heavy atom. The van der Waals surface area contributed by atoms with Gasteiger partial charge in [-0.2, -0.15) is 0 Å². The Bertz CT molecular complexity index is 533. The molecule has 1 unspecified atom stereocenters. The molecule has 1 atom stereocenters. The first-order valence-electron chi connectivity index (χ1n) is 5.56. The molecule has 0 saturated heterocycles. The number of aromatic nitrogens is 2. The van der Waals surface area contributed by atoms with E-state index in [1.165, 1.54) is 19.4 Å². The first kappa shape index (κ1) is 12.4. The lowest BCUT2D eigenvalue weighted by Crippen LogP contribution is -2.17. The summed E-state index contributed by atoms with van der Waals surface area (Å²) in [5.74, 6) is 0.108. The SMILES string of the molecule is COc1nccnc1C(N)Cc1ccccc1F. The van der Waals surface area contributed by atoms with Crippen molar-refractivity contribution in [3.05, 3.63) is 53.7 Å². The molecule has 0 aliphatic heterocycles. The van der Waals surface area contributed by atoms with Gasteiger partial charge in [-0.3, -0.25) is 4.98 Å². The molecule has 1 aromatic carbocycles. The Morgan fingerprint density at radius 2 is 2.00 bits per heavy atom. The molecule has 2 aromatic rings. The second kappa shape index (κ2) is 5.55. The molecule has 0 saturated carbocycles. The monoisotopic (exact) mass is 247 g/mol. The number of nitrogens with zero attached hydrogens (tertiary/aromatic N) is 2. The fourth-order valence-corrected chi connectivity index (χ4v) is 1.75. The summed E-state index contributed by atoms with van der Waals surface area (Å²) in [6.45, 7) is 0. The Balaban J connectivity index is 2.22. The van der Waals surface area contributed by atoms with E-state index in [0.29, 0.717) is 23.6 Å². The molecule has 0 radical (unpaired) electrons. The first-order valence-corrected chi connectivity index (χ1v) is 5.56. The van der Waals surface area contributed by atoms with Gasteiger partial charge in [-0.1, -0.05) is 18.2 Å². The van der Waals surface area contributed by atoms with Gasteiger partial charge >= 0.3 is 0 Å². The van der Waals surface area contributed by atoms with Gasteiger partial charge in [0.15, 0.2) is 0 Å². The fourth-order valence-electron chi connectivity index (χ4n) is 1.75. The summed E-state index contributed by atoms with van der Waals surface area (Å²) < 4.78 is 18.6. The third-order valence-corrected chi connectivity index (χ3v) is 2.63. The van der Waals surface area contributed by atoms with Crippen molar-refractivity contribution in [1.82, 2.24) is 9.97 Å². The second-order valence-corrected chi connectivity index (χ2v) is 3.85. The number of ether oxygens (including phenoxy) is 1. The lowest BCUT2D eigenvalue weighted by molar-refractivity contribution is 0.384. The van der Waals surface area contributed by atoms with Crippen molar-refractivity contribution in [3.63, 3.8) is 0 Å². The van der Waals surface area contributed by atoms with Crippen LogP contribution in [0.25, 0.3) is 0 Å². The fraction of sp³-hybridized carbons (Fsp3) is 0.231. The highest BCUT2D eigenvalue weighted by Gasteiger charge is 2.16. The van der Waals surface area contributed by atoms with E-state index in [1.807, 2.05) is 0 Å². The molecule has 1 aromatic heterocycles. The summed E-state index contributed by atoms with van der Waals surface area (Å²) in [5.41, 5.74) is 7.11. The van der Waals surface area contributed by atoms with E-state index in [2.05, 4.69) is 9.97 Å². The molecule has 1 heterocycles. The Morgan fingerprint density at radius 3 is 2.72 bits per heavy atom. The summed E-state index contributed by atoms with van der Waals surface area (Å²) in [7, 11) is 1.50. The molecule has 0 fully saturated rings. The lowest BCUT2D eigenvalue weighted by atomic mass is 10.0. The van der Waals surface area contributed by atoms with Gasteiger partial charge in [0.25, 0.3) is 0 Å². The van der Waals surface area contributed by atoms with Crippen molar-refractivity contribution in [2.75, 3.05) is 7.11 Å². The maximum absolute atomic E-state index is 13.5. The minimum atomic E-state index is -0.453. The van der Waals surface area contributed by atoms with Crippen molar-refractivity contribution >= 4 is 0 Å². The van der Waals surface area contributed by atoms with E-state index < -0.39 is 6.04 Å². The molecule has 5 heteroatoms. The zero-order valence-corrected chi connectivity index (χ0v) is 10.0. The van der Waals surface area contributed by atoms with Crippen molar-refractivity contribution in [1.29, 1.82) is 0 Å². The van der Waals surface area contributed by atoms with Crippen LogP contribution >= 0.6 is 0 Å². The van der Waals surface area contributed by atoms with Gasteiger partial charge in [0.1, 0.15) is 11.5 Å². The van der Waals surface area contributed by atoms with Crippen molar-refractivity contribution in [3.8, 4) is 5.88 Å². The molecule has 0 aliphatic carbocycles. The van der Waals surface area contributed by atoms with E-state index in [4.69, 9.17) is 10.5 Å². The van der Waals surface area contributed by atoms with Gasteiger partial charge in [-0.15, -0.1) is 0 Å². The van der Waals surface area contributed by atoms with Crippen LogP contribution in [0.3, 0.4) is 0 Å². The topological polar surface area (TPSA) is 61.0 Å². The third-order valence-electron chi connectivity index (χ3n) is 2.63. The van der Waals surface area contributed by atoms with Crippen LogP contribution in [0, 0.1) is 5.82 Å². The normalized spacial score (nSPS) is 12.2. The average molecular weight is 247 g/mol. The number of hydrogen-bond donors (Lipinski definition) is 1. The highest BCUT2D eigenvalue weighted by atomic mass is 19.1. The summed E-state index contributed by atoms with van der Waals surface area (Å²) >= 11 is 0. The van der Waals surface area contributed by atoms with Gasteiger partial charge in [0, 0.05) is 12.4 Å². The molecule has 94 valence electrons. The molecule has 2 N–H and O–H groups in total. The molecule has 0 bridgehead atoms. The third kappa shape index (κ3) is 2.62. The van der Waals surface area contributed by atoms with E-state index >= 15 is 0 Å². The quantitative estimate of drug-likeness (QED) is 0.895. The van der Waals surface area contributed by atoms with Crippen LogP contribution in [0.4, 0.5) is 4.39 Å². The molecular weight excluding hydrogens is 233 g/mol. The average Bonchev–Trinajstić information content (AvgIpc) is 2.41. The van der Waals surface area contributed by atoms with Crippen LogP contribution in [-0.2, 0) is 6.42 Å². The van der Waals surface area contributed by atoms with E-state index in [-0.39, 0.29) is 5.82 Å². The van der Waals surface area contributed by atoms with Crippen molar-refractivity contribution < 1.29 is 9.13 Å². The van der Waals surface area contributed by atoms with Crippen LogP contribution in [0.1, 0.15) is 17.3 Å². The van der Waals surface area contributed by atoms with Crippen LogP contribution in [0.5, 0.6) is 5.88 Å². The van der Waals surface area contributed by atoms with Crippen LogP contribution in [0.15, 0.2) is 36.7 Å². The zero-order valence-electron chi connectivity index (χ0n) is 10.0.